The second-order valence-corrected chi connectivity index (χ2v) is 7.10. The Hall–Kier alpha value is -2.09. The molecule has 0 saturated heterocycles. The van der Waals surface area contributed by atoms with Gasteiger partial charge in [0.25, 0.3) is 0 Å². The molecule has 0 amide bonds. The van der Waals surface area contributed by atoms with Gasteiger partial charge in [-0.25, -0.2) is 4.39 Å². The number of nitrogens with zero attached hydrogens (tertiary/aromatic N) is 1. The first-order chi connectivity index (χ1) is 14.8. The zero-order valence-corrected chi connectivity index (χ0v) is 18.5. The molecule has 0 aliphatic carbocycles. The largest absolute Gasteiger partial charge is 0.496 e. The molecular weight excluding hydrogens is 419 g/mol. The summed E-state index contributed by atoms with van der Waals surface area (Å²) >= 11 is 6.44. The van der Waals surface area contributed by atoms with Crippen molar-refractivity contribution in [3.05, 3.63) is 77.9 Å². The summed E-state index contributed by atoms with van der Waals surface area (Å²) < 4.78 is 28.5. The van der Waals surface area contributed by atoms with E-state index in [2.05, 4.69) is 34.1 Å². The molecule has 4 nitrogen and oxygen atoms in total. The molecule has 1 aliphatic rings. The predicted molar refractivity (Wildman–Crippen MR) is 127 cm³/mol. The maximum absolute atomic E-state index is 14.7. The van der Waals surface area contributed by atoms with Crippen LogP contribution in [0.15, 0.2) is 61.0 Å². The van der Waals surface area contributed by atoms with Gasteiger partial charge in [-0.3, -0.25) is 0 Å². The number of benzene rings is 2. The minimum Gasteiger partial charge on any atom is -0.496 e. The number of nitrogens with two attached hydrogens (primary N) is 1. The van der Waals surface area contributed by atoms with Crippen LogP contribution in [0.1, 0.15) is 24.0 Å². The van der Waals surface area contributed by atoms with Crippen LogP contribution in [0.2, 0.25) is 0 Å². The van der Waals surface area contributed by atoms with Crippen molar-refractivity contribution in [2.75, 3.05) is 6.54 Å². The lowest BCUT2D eigenvalue weighted by molar-refractivity contribution is 0.108. The lowest BCUT2D eigenvalue weighted by atomic mass is 10.1. The summed E-state index contributed by atoms with van der Waals surface area (Å²) in [5, 5.41) is 0.813. The van der Waals surface area contributed by atoms with Gasteiger partial charge in [-0.2, -0.15) is 0 Å². The van der Waals surface area contributed by atoms with Crippen LogP contribution in [0, 0.1) is 5.82 Å². The number of allylic oxidation sites excluding steroid dienone is 1. The van der Waals surface area contributed by atoms with Crippen LogP contribution in [0.5, 0.6) is 5.75 Å². The fourth-order valence-electron chi connectivity index (χ4n) is 3.72. The van der Waals surface area contributed by atoms with Crippen LogP contribution in [0.3, 0.4) is 0 Å². The number of hydrogen-bond donors (Lipinski definition) is 3. The third-order valence-electron chi connectivity index (χ3n) is 5.09. The molecule has 1 unspecified atom stereocenters. The van der Waals surface area contributed by atoms with Crippen molar-refractivity contribution < 1.29 is 13.9 Å². The van der Waals surface area contributed by atoms with E-state index in [1.807, 2.05) is 42.5 Å². The molecule has 2 heterocycles. The smallest absolute Gasteiger partial charge is 0.165 e. The topological polar surface area (TPSA) is 49.4 Å². The molecule has 1 atom stereocenters. The van der Waals surface area contributed by atoms with Crippen LogP contribution < -0.4 is 10.5 Å². The average Bonchev–Trinajstić information content (AvgIpc) is 3.13. The van der Waals surface area contributed by atoms with Crippen LogP contribution in [-0.4, -0.2) is 17.2 Å². The number of rotatable bonds is 7. The molecule has 0 bridgehead atoms. The average molecular weight is 447 g/mol. The van der Waals surface area contributed by atoms with Gasteiger partial charge in [-0.15, -0.1) is 23.3 Å². The Balaban J connectivity index is 0.00000124. The van der Waals surface area contributed by atoms with E-state index in [9.17, 15) is 4.39 Å². The summed E-state index contributed by atoms with van der Waals surface area (Å²) in [6, 6.07) is 13.1. The Labute approximate surface area is 187 Å². The minimum atomic E-state index is -0.351. The maximum Gasteiger partial charge on any atom is 0.165 e. The summed E-state index contributed by atoms with van der Waals surface area (Å²) in [4.78, 5) is 0. The Morgan fingerprint density at radius 2 is 1.97 bits per heavy atom. The SMILES string of the molecule is NCCc1cn(CC2CCC=CO2)c2ccc(F)c(OCc3ccccc3)c12.SS. The number of fused-ring (bicyclic) bond motifs is 1. The van der Waals surface area contributed by atoms with Crippen molar-refractivity contribution in [2.24, 2.45) is 5.73 Å². The van der Waals surface area contributed by atoms with E-state index in [-0.39, 0.29) is 11.9 Å². The van der Waals surface area contributed by atoms with Crippen molar-refractivity contribution in [3.8, 4) is 5.75 Å². The first-order valence-electron chi connectivity index (χ1n) is 9.93. The molecule has 4 rings (SSSR count). The fourth-order valence-corrected chi connectivity index (χ4v) is 3.72. The van der Waals surface area contributed by atoms with Gasteiger partial charge in [0.15, 0.2) is 11.6 Å². The molecule has 0 spiro atoms. The summed E-state index contributed by atoms with van der Waals surface area (Å²) in [6.07, 6.45) is 8.64. The first-order valence-corrected chi connectivity index (χ1v) is 11.5. The van der Waals surface area contributed by atoms with Crippen molar-refractivity contribution in [3.63, 3.8) is 0 Å². The molecule has 7 heteroatoms. The summed E-state index contributed by atoms with van der Waals surface area (Å²) in [7, 11) is 0. The molecule has 0 radical (unpaired) electrons. The number of halogens is 1. The van der Waals surface area contributed by atoms with Crippen molar-refractivity contribution >= 4 is 34.2 Å². The Bertz CT molecular complexity index is 976. The van der Waals surface area contributed by atoms with Crippen LogP contribution in [-0.2, 0) is 24.3 Å². The molecule has 2 aromatic carbocycles. The van der Waals surface area contributed by atoms with Gasteiger partial charge in [-0.1, -0.05) is 30.3 Å². The van der Waals surface area contributed by atoms with E-state index in [4.69, 9.17) is 15.2 Å². The highest BCUT2D eigenvalue weighted by Gasteiger charge is 2.20. The fraction of sp³-hybridized carbons (Fsp3) is 0.304. The lowest BCUT2D eigenvalue weighted by Crippen LogP contribution is -2.19. The number of aromatic nitrogens is 1. The Kier molecular flexibility index (Phi) is 8.54. The normalized spacial score (nSPS) is 15.4. The van der Waals surface area contributed by atoms with E-state index in [1.54, 1.807) is 6.26 Å². The van der Waals surface area contributed by atoms with E-state index in [0.29, 0.717) is 25.3 Å². The molecule has 160 valence electrons. The molecule has 1 aliphatic heterocycles. The van der Waals surface area contributed by atoms with Crippen LogP contribution in [0.4, 0.5) is 4.39 Å². The summed E-state index contributed by atoms with van der Waals surface area (Å²) in [6.45, 7) is 1.53. The second-order valence-electron chi connectivity index (χ2n) is 7.10. The van der Waals surface area contributed by atoms with Crippen molar-refractivity contribution in [1.29, 1.82) is 0 Å². The van der Waals surface area contributed by atoms with E-state index >= 15 is 0 Å². The maximum atomic E-state index is 14.7. The van der Waals surface area contributed by atoms with Crippen molar-refractivity contribution in [1.82, 2.24) is 4.57 Å². The molecule has 2 N–H and O–H groups in total. The predicted octanol–water partition coefficient (Wildman–Crippen LogP) is 5.31. The highest BCUT2D eigenvalue weighted by molar-refractivity contribution is 8.59. The second kappa shape index (κ2) is 11.3. The zero-order valence-electron chi connectivity index (χ0n) is 16.7. The van der Waals surface area contributed by atoms with Gasteiger partial charge in [-0.05, 0) is 55.1 Å². The standard InChI is InChI=1S/C23H25FN2O2.H2S2/c24-20-9-10-21-22(23(20)28-16-17-6-2-1-3-7-17)18(11-12-25)14-26(21)15-19-8-4-5-13-27-19;1-2/h1-3,5-7,9-10,13-14,19H,4,8,11-12,15-16,25H2;1-2H. The van der Waals surface area contributed by atoms with Gasteiger partial charge in [0.1, 0.15) is 12.7 Å². The van der Waals surface area contributed by atoms with Crippen LogP contribution >= 0.6 is 23.3 Å². The number of thiol groups is 2. The first kappa shape index (κ1) is 22.6. The third kappa shape index (κ3) is 5.33. The van der Waals surface area contributed by atoms with Gasteiger partial charge in [0.2, 0.25) is 0 Å². The summed E-state index contributed by atoms with van der Waals surface area (Å²) in [5.74, 6) is -0.0516. The van der Waals surface area contributed by atoms with Crippen LogP contribution in [0.25, 0.3) is 10.9 Å². The molecule has 0 saturated carbocycles. The minimum absolute atomic E-state index is 0.116. The zero-order chi connectivity index (χ0) is 21.3. The molecule has 3 aromatic rings. The van der Waals surface area contributed by atoms with E-state index in [1.165, 1.54) is 6.07 Å². The molecule has 1 aromatic heterocycles. The Morgan fingerprint density at radius 1 is 1.17 bits per heavy atom. The molecular formula is C23H27FN2O2S2. The molecule has 30 heavy (non-hydrogen) atoms. The van der Waals surface area contributed by atoms with Gasteiger partial charge >= 0.3 is 0 Å². The van der Waals surface area contributed by atoms with E-state index in [0.717, 1.165) is 41.4 Å². The lowest BCUT2D eigenvalue weighted by Gasteiger charge is -2.20. The number of hydrogen-bond acceptors (Lipinski definition) is 5. The monoisotopic (exact) mass is 446 g/mol. The highest BCUT2D eigenvalue weighted by atomic mass is 33.1. The van der Waals surface area contributed by atoms with E-state index < -0.39 is 0 Å². The van der Waals surface area contributed by atoms with Gasteiger partial charge < -0.3 is 19.8 Å². The van der Waals surface area contributed by atoms with Gasteiger partial charge in [0.05, 0.1) is 18.3 Å². The number of ether oxygens (including phenoxy) is 2. The Morgan fingerprint density at radius 3 is 2.67 bits per heavy atom. The third-order valence-corrected chi connectivity index (χ3v) is 5.09. The van der Waals surface area contributed by atoms with Gasteiger partial charge in [0, 0.05) is 11.6 Å². The quantitative estimate of drug-likeness (QED) is 0.340. The molecule has 0 fully saturated rings. The highest BCUT2D eigenvalue weighted by Crippen LogP contribution is 2.34. The van der Waals surface area contributed by atoms with Crippen molar-refractivity contribution in [2.45, 2.75) is 38.5 Å². The summed E-state index contributed by atoms with van der Waals surface area (Å²) in [5.41, 5.74) is 8.78.